The summed E-state index contributed by atoms with van der Waals surface area (Å²) in [6.45, 7) is 2.04. The molecule has 0 spiro atoms. The number of rotatable bonds is 6. The molecule has 130 valence electrons. The van der Waals surface area contributed by atoms with Gasteiger partial charge in [-0.25, -0.2) is 0 Å². The number of aryl methyl sites for hydroxylation is 1. The minimum atomic E-state index is -0.830. The van der Waals surface area contributed by atoms with Crippen molar-refractivity contribution in [3.8, 4) is 0 Å². The Bertz CT molecular complexity index is 693. The van der Waals surface area contributed by atoms with Gasteiger partial charge in [0.15, 0.2) is 5.82 Å². The van der Waals surface area contributed by atoms with Crippen LogP contribution in [0.15, 0.2) is 28.8 Å². The lowest BCUT2D eigenvalue weighted by Gasteiger charge is -2.28. The van der Waals surface area contributed by atoms with Crippen LogP contribution in [0.3, 0.4) is 0 Å². The van der Waals surface area contributed by atoms with Crippen LogP contribution in [-0.2, 0) is 23.0 Å². The molecule has 1 fully saturated rings. The van der Waals surface area contributed by atoms with E-state index in [-0.39, 0.29) is 0 Å². The van der Waals surface area contributed by atoms with Gasteiger partial charge < -0.3 is 9.84 Å². The molecule has 0 radical (unpaired) electrons. The fourth-order valence-electron chi connectivity index (χ4n) is 3.29. The molecule has 1 aromatic heterocycles. The van der Waals surface area contributed by atoms with E-state index in [4.69, 9.17) is 4.52 Å². The van der Waals surface area contributed by atoms with Gasteiger partial charge in [0.1, 0.15) is 0 Å². The molecule has 3 rings (SSSR count). The third-order valence-corrected chi connectivity index (χ3v) is 5.33. The predicted molar refractivity (Wildman–Crippen MR) is 96.5 cm³/mol. The Labute approximate surface area is 145 Å². The summed E-state index contributed by atoms with van der Waals surface area (Å²) in [7, 11) is -0.830. The molecule has 0 saturated heterocycles. The zero-order valence-electron chi connectivity index (χ0n) is 14.3. The highest BCUT2D eigenvalue weighted by Crippen LogP contribution is 2.33. The molecule has 2 aromatic rings. The largest absolute Gasteiger partial charge is 0.382 e. The SMILES string of the molecule is CCc1noc(C2CCC(Nc3ccccc3CS(C)=O)CC2)n1. The first-order valence-electron chi connectivity index (χ1n) is 8.62. The average molecular weight is 347 g/mol. The summed E-state index contributed by atoms with van der Waals surface area (Å²) in [5.41, 5.74) is 2.24. The lowest BCUT2D eigenvalue weighted by molar-refractivity contribution is 0.304. The molecular weight excluding hydrogens is 322 g/mol. The number of anilines is 1. The Balaban J connectivity index is 1.58. The highest BCUT2D eigenvalue weighted by Gasteiger charge is 2.26. The number of benzene rings is 1. The van der Waals surface area contributed by atoms with Crippen LogP contribution in [0, 0.1) is 0 Å². The molecule has 1 heterocycles. The van der Waals surface area contributed by atoms with Gasteiger partial charge in [-0.1, -0.05) is 30.3 Å². The molecule has 1 N–H and O–H groups in total. The van der Waals surface area contributed by atoms with E-state index >= 15 is 0 Å². The van der Waals surface area contributed by atoms with Crippen molar-refractivity contribution in [2.75, 3.05) is 11.6 Å². The van der Waals surface area contributed by atoms with Gasteiger partial charge in [0.25, 0.3) is 0 Å². The molecule has 5 nitrogen and oxygen atoms in total. The van der Waals surface area contributed by atoms with Crippen molar-refractivity contribution in [1.82, 2.24) is 10.1 Å². The third-order valence-electron chi connectivity index (χ3n) is 4.61. The topological polar surface area (TPSA) is 68.0 Å². The second-order valence-electron chi connectivity index (χ2n) is 6.47. The number of nitrogens with zero attached hydrogens (tertiary/aromatic N) is 2. The summed E-state index contributed by atoms with van der Waals surface area (Å²) in [4.78, 5) is 4.48. The third kappa shape index (κ3) is 4.23. The quantitative estimate of drug-likeness (QED) is 0.864. The molecule has 0 amide bonds. The molecular formula is C18H25N3O2S. The second kappa shape index (κ2) is 7.92. The van der Waals surface area contributed by atoms with Gasteiger partial charge in [0.2, 0.25) is 5.89 Å². The number of hydrogen-bond donors (Lipinski definition) is 1. The molecule has 0 bridgehead atoms. The van der Waals surface area contributed by atoms with Gasteiger partial charge in [0, 0.05) is 41.1 Å². The van der Waals surface area contributed by atoms with E-state index in [0.29, 0.717) is 17.7 Å². The monoisotopic (exact) mass is 347 g/mol. The molecule has 1 aliphatic carbocycles. The fourth-order valence-corrected chi connectivity index (χ4v) is 3.98. The van der Waals surface area contributed by atoms with Crippen LogP contribution >= 0.6 is 0 Å². The molecule has 1 saturated carbocycles. The molecule has 1 unspecified atom stereocenters. The number of para-hydroxylation sites is 1. The van der Waals surface area contributed by atoms with Crippen molar-refractivity contribution in [1.29, 1.82) is 0 Å². The fraction of sp³-hybridized carbons (Fsp3) is 0.556. The molecule has 0 aliphatic heterocycles. The Morgan fingerprint density at radius 3 is 2.67 bits per heavy atom. The van der Waals surface area contributed by atoms with Crippen LogP contribution in [0.5, 0.6) is 0 Å². The first-order chi connectivity index (χ1) is 11.7. The van der Waals surface area contributed by atoms with E-state index in [1.165, 1.54) is 0 Å². The zero-order chi connectivity index (χ0) is 16.9. The Morgan fingerprint density at radius 2 is 2.00 bits per heavy atom. The summed E-state index contributed by atoms with van der Waals surface area (Å²) in [6.07, 6.45) is 6.85. The van der Waals surface area contributed by atoms with Gasteiger partial charge in [-0.05, 0) is 37.3 Å². The summed E-state index contributed by atoms with van der Waals surface area (Å²) in [5, 5.41) is 7.65. The van der Waals surface area contributed by atoms with Gasteiger partial charge >= 0.3 is 0 Å². The van der Waals surface area contributed by atoms with E-state index in [1.54, 1.807) is 6.26 Å². The van der Waals surface area contributed by atoms with E-state index in [1.807, 2.05) is 19.1 Å². The first-order valence-corrected chi connectivity index (χ1v) is 10.4. The van der Waals surface area contributed by atoms with E-state index in [9.17, 15) is 4.21 Å². The number of aromatic nitrogens is 2. The highest BCUT2D eigenvalue weighted by atomic mass is 32.2. The standard InChI is InChI=1S/C18H25N3O2S/c1-3-17-20-18(23-21-17)13-8-10-15(11-9-13)19-16-7-5-4-6-14(16)12-24(2)22/h4-7,13,15,19H,3,8-12H2,1-2H3. The van der Waals surface area contributed by atoms with Crippen molar-refractivity contribution >= 4 is 16.5 Å². The molecule has 1 aliphatic rings. The predicted octanol–water partition coefficient (Wildman–Crippen LogP) is 3.65. The van der Waals surface area contributed by atoms with Crippen LogP contribution in [0.1, 0.15) is 55.8 Å². The van der Waals surface area contributed by atoms with Gasteiger partial charge in [0.05, 0.1) is 5.75 Å². The normalized spacial score (nSPS) is 22.2. The Morgan fingerprint density at radius 1 is 1.25 bits per heavy atom. The van der Waals surface area contributed by atoms with Crippen LogP contribution in [0.2, 0.25) is 0 Å². The van der Waals surface area contributed by atoms with Crippen LogP contribution in [-0.4, -0.2) is 26.6 Å². The molecule has 6 heteroatoms. The Kier molecular flexibility index (Phi) is 5.66. The minimum Gasteiger partial charge on any atom is -0.382 e. The summed E-state index contributed by atoms with van der Waals surface area (Å²) >= 11 is 0. The summed E-state index contributed by atoms with van der Waals surface area (Å²) in [5.74, 6) is 2.58. The van der Waals surface area contributed by atoms with Crippen molar-refractivity contribution in [3.63, 3.8) is 0 Å². The van der Waals surface area contributed by atoms with E-state index in [0.717, 1.165) is 55.1 Å². The smallest absolute Gasteiger partial charge is 0.229 e. The second-order valence-corrected chi connectivity index (χ2v) is 7.91. The average Bonchev–Trinajstić information content (AvgIpc) is 3.06. The van der Waals surface area contributed by atoms with Gasteiger partial charge in [-0.2, -0.15) is 4.98 Å². The Hall–Kier alpha value is -1.69. The maximum absolute atomic E-state index is 11.5. The van der Waals surface area contributed by atoms with Crippen LogP contribution in [0.25, 0.3) is 0 Å². The maximum Gasteiger partial charge on any atom is 0.229 e. The lowest BCUT2D eigenvalue weighted by Crippen LogP contribution is -2.26. The van der Waals surface area contributed by atoms with Crippen LogP contribution in [0.4, 0.5) is 5.69 Å². The number of nitrogens with one attached hydrogen (secondary N) is 1. The maximum atomic E-state index is 11.5. The minimum absolute atomic E-state index is 0.384. The van der Waals surface area contributed by atoms with Crippen molar-refractivity contribution in [2.24, 2.45) is 0 Å². The van der Waals surface area contributed by atoms with E-state index < -0.39 is 10.8 Å². The van der Waals surface area contributed by atoms with Crippen molar-refractivity contribution in [2.45, 2.75) is 56.7 Å². The van der Waals surface area contributed by atoms with Crippen molar-refractivity contribution in [3.05, 3.63) is 41.5 Å². The van der Waals surface area contributed by atoms with Crippen LogP contribution < -0.4 is 5.32 Å². The molecule has 24 heavy (non-hydrogen) atoms. The van der Waals surface area contributed by atoms with E-state index in [2.05, 4.69) is 27.6 Å². The summed E-state index contributed by atoms with van der Waals surface area (Å²) < 4.78 is 16.9. The summed E-state index contributed by atoms with van der Waals surface area (Å²) in [6, 6.07) is 8.62. The molecule has 1 aromatic carbocycles. The highest BCUT2D eigenvalue weighted by molar-refractivity contribution is 7.83. The number of hydrogen-bond acceptors (Lipinski definition) is 5. The zero-order valence-corrected chi connectivity index (χ0v) is 15.1. The van der Waals surface area contributed by atoms with Gasteiger partial charge in [-0.3, -0.25) is 4.21 Å². The van der Waals surface area contributed by atoms with Crippen molar-refractivity contribution < 1.29 is 8.73 Å². The first kappa shape index (κ1) is 17.1. The molecule has 1 atom stereocenters. The lowest BCUT2D eigenvalue weighted by atomic mass is 9.85. The van der Waals surface area contributed by atoms with Gasteiger partial charge in [-0.15, -0.1) is 0 Å².